The number of anilines is 1. The highest BCUT2D eigenvalue weighted by Gasteiger charge is 2.49. The largest absolute Gasteiger partial charge is 0.494 e. The molecule has 0 aliphatic carbocycles. The Morgan fingerprint density at radius 2 is 1.97 bits per heavy atom. The number of nitrogens with zero attached hydrogens (tertiary/aromatic N) is 2. The zero-order chi connectivity index (χ0) is 21.1. The molecule has 2 atom stereocenters. The summed E-state index contributed by atoms with van der Waals surface area (Å²) in [6.07, 6.45) is 2.01. The maximum Gasteiger partial charge on any atom is 0.279 e. The number of carbonyl (C=O) groups is 1. The molecule has 0 bridgehead atoms. The maximum atomic E-state index is 12.7. The highest BCUT2D eigenvalue weighted by Crippen LogP contribution is 2.41. The molecule has 2 aromatic rings. The van der Waals surface area contributed by atoms with Crippen molar-refractivity contribution in [2.45, 2.75) is 31.1 Å². The summed E-state index contributed by atoms with van der Waals surface area (Å²) in [5.41, 5.74) is 1.30. The molecule has 2 heterocycles. The summed E-state index contributed by atoms with van der Waals surface area (Å²) in [6.45, 7) is 2.73. The van der Waals surface area contributed by atoms with Gasteiger partial charge in [-0.2, -0.15) is 4.99 Å². The standard InChI is InChI=1S/C22H24N2O4S2/c1-2-3-12-28-18-11-7-10-17(13-18)24-19-14-30(26,27)15-20(19)29-22(24)23-21(25)16-8-5-4-6-9-16/h4-11,13,19-20H,2-3,12,14-15H2,1H3/t19-,20+/m1/s1. The summed E-state index contributed by atoms with van der Waals surface area (Å²) in [5, 5.41) is 0.404. The van der Waals surface area contributed by atoms with Crippen molar-refractivity contribution < 1.29 is 17.9 Å². The number of amides is 1. The summed E-state index contributed by atoms with van der Waals surface area (Å²) in [7, 11) is -3.11. The average molecular weight is 445 g/mol. The van der Waals surface area contributed by atoms with Crippen molar-refractivity contribution in [2.24, 2.45) is 4.99 Å². The molecule has 0 aromatic heterocycles. The van der Waals surface area contributed by atoms with Gasteiger partial charge >= 0.3 is 0 Å². The van der Waals surface area contributed by atoms with Crippen molar-refractivity contribution in [3.63, 3.8) is 0 Å². The minimum Gasteiger partial charge on any atom is -0.494 e. The van der Waals surface area contributed by atoms with Crippen LogP contribution in [-0.4, -0.2) is 48.9 Å². The first-order valence-corrected chi connectivity index (χ1v) is 12.7. The second-order valence-electron chi connectivity index (χ2n) is 7.44. The smallest absolute Gasteiger partial charge is 0.279 e. The molecule has 0 saturated carbocycles. The summed E-state index contributed by atoms with van der Waals surface area (Å²) in [4.78, 5) is 19.0. The number of hydrogen-bond acceptors (Lipinski definition) is 5. The number of hydrogen-bond donors (Lipinski definition) is 0. The van der Waals surface area contributed by atoms with Gasteiger partial charge in [0.15, 0.2) is 15.0 Å². The lowest BCUT2D eigenvalue weighted by molar-refractivity contribution is 0.100. The monoisotopic (exact) mass is 444 g/mol. The van der Waals surface area contributed by atoms with Crippen molar-refractivity contribution in [2.75, 3.05) is 23.0 Å². The van der Waals surface area contributed by atoms with Gasteiger partial charge in [-0.05, 0) is 30.7 Å². The number of sulfone groups is 1. The van der Waals surface area contributed by atoms with Crippen molar-refractivity contribution in [1.29, 1.82) is 0 Å². The molecule has 2 saturated heterocycles. The number of ether oxygens (including phenoxy) is 1. The Balaban J connectivity index is 1.66. The first-order valence-electron chi connectivity index (χ1n) is 10.0. The normalized spacial score (nSPS) is 23.5. The lowest BCUT2D eigenvalue weighted by atomic mass is 10.2. The van der Waals surface area contributed by atoms with Crippen LogP contribution >= 0.6 is 11.8 Å². The van der Waals surface area contributed by atoms with E-state index in [9.17, 15) is 13.2 Å². The van der Waals surface area contributed by atoms with Crippen molar-refractivity contribution >= 4 is 38.4 Å². The van der Waals surface area contributed by atoms with E-state index >= 15 is 0 Å². The number of carbonyl (C=O) groups excluding carboxylic acids is 1. The molecular formula is C22H24N2O4S2. The Kier molecular flexibility index (Phi) is 6.15. The van der Waals surface area contributed by atoms with Crippen LogP contribution in [0, 0.1) is 0 Å². The summed E-state index contributed by atoms with van der Waals surface area (Å²) < 4.78 is 30.3. The van der Waals surface area contributed by atoms with Gasteiger partial charge in [-0.15, -0.1) is 0 Å². The van der Waals surface area contributed by atoms with Crippen LogP contribution in [0.4, 0.5) is 5.69 Å². The van der Waals surface area contributed by atoms with Gasteiger partial charge in [-0.3, -0.25) is 4.79 Å². The van der Waals surface area contributed by atoms with E-state index in [4.69, 9.17) is 4.74 Å². The molecule has 2 aromatic carbocycles. The number of unbranched alkanes of at least 4 members (excludes halogenated alkanes) is 1. The molecular weight excluding hydrogens is 420 g/mol. The first kappa shape index (κ1) is 20.9. The van der Waals surface area contributed by atoms with E-state index in [1.165, 1.54) is 11.8 Å². The molecule has 1 amide bonds. The predicted molar refractivity (Wildman–Crippen MR) is 121 cm³/mol. The Morgan fingerprint density at radius 1 is 1.17 bits per heavy atom. The molecule has 0 spiro atoms. The van der Waals surface area contributed by atoms with E-state index < -0.39 is 9.84 Å². The molecule has 0 radical (unpaired) electrons. The van der Waals surface area contributed by atoms with Crippen LogP contribution in [-0.2, 0) is 9.84 Å². The first-order chi connectivity index (χ1) is 14.5. The quantitative estimate of drug-likeness (QED) is 0.631. The minimum atomic E-state index is -3.11. The maximum absolute atomic E-state index is 12.7. The zero-order valence-corrected chi connectivity index (χ0v) is 18.4. The number of fused-ring (bicyclic) bond motifs is 1. The third-order valence-corrected chi connectivity index (χ3v) is 8.36. The van der Waals surface area contributed by atoms with E-state index in [0.29, 0.717) is 17.3 Å². The van der Waals surface area contributed by atoms with Crippen LogP contribution in [0.1, 0.15) is 30.1 Å². The lowest BCUT2D eigenvalue weighted by Crippen LogP contribution is -2.37. The fraction of sp³-hybridized carbons (Fsp3) is 0.364. The number of rotatable bonds is 6. The summed E-state index contributed by atoms with van der Waals surface area (Å²) in [5.74, 6) is 0.555. The van der Waals surface area contributed by atoms with Gasteiger partial charge in [0, 0.05) is 22.6 Å². The van der Waals surface area contributed by atoms with Crippen LogP contribution in [0.15, 0.2) is 59.6 Å². The molecule has 158 valence electrons. The van der Waals surface area contributed by atoms with E-state index in [-0.39, 0.29) is 28.7 Å². The highest BCUT2D eigenvalue weighted by molar-refractivity contribution is 8.16. The lowest BCUT2D eigenvalue weighted by Gasteiger charge is -2.25. The molecule has 8 heteroatoms. The molecule has 0 N–H and O–H groups in total. The molecule has 2 aliphatic heterocycles. The topological polar surface area (TPSA) is 76.0 Å². The molecule has 4 rings (SSSR count). The number of thioether (sulfide) groups is 1. The second-order valence-corrected chi connectivity index (χ2v) is 10.8. The van der Waals surface area contributed by atoms with E-state index in [1.807, 2.05) is 35.2 Å². The van der Waals surface area contributed by atoms with Gasteiger partial charge in [0.25, 0.3) is 5.91 Å². The summed E-state index contributed by atoms with van der Waals surface area (Å²) >= 11 is 1.37. The highest BCUT2D eigenvalue weighted by atomic mass is 32.2. The van der Waals surface area contributed by atoms with Crippen molar-refractivity contribution in [3.05, 3.63) is 60.2 Å². The van der Waals surface area contributed by atoms with Crippen molar-refractivity contribution in [1.82, 2.24) is 0 Å². The molecule has 0 unspecified atom stereocenters. The summed E-state index contributed by atoms with van der Waals surface area (Å²) in [6, 6.07) is 16.2. The number of amidine groups is 1. The predicted octanol–water partition coefficient (Wildman–Crippen LogP) is 3.78. The van der Waals surface area contributed by atoms with E-state index in [1.54, 1.807) is 24.3 Å². The van der Waals surface area contributed by atoms with Crippen molar-refractivity contribution in [3.8, 4) is 5.75 Å². The Labute approximate surface area is 181 Å². The third kappa shape index (κ3) is 4.54. The number of benzene rings is 2. The van der Waals surface area contributed by atoms with Gasteiger partial charge < -0.3 is 9.64 Å². The Hall–Kier alpha value is -2.32. The Morgan fingerprint density at radius 3 is 2.73 bits per heavy atom. The van der Waals surface area contributed by atoms with Gasteiger partial charge in [-0.25, -0.2) is 8.42 Å². The van der Waals surface area contributed by atoms with Gasteiger partial charge in [-0.1, -0.05) is 49.4 Å². The van der Waals surface area contributed by atoms with Gasteiger partial charge in [0.2, 0.25) is 0 Å². The van der Waals surface area contributed by atoms with Gasteiger partial charge in [0.05, 0.1) is 24.2 Å². The minimum absolute atomic E-state index is 0.0597. The zero-order valence-electron chi connectivity index (χ0n) is 16.7. The average Bonchev–Trinajstić information content (AvgIpc) is 3.19. The van der Waals surface area contributed by atoms with Crippen LogP contribution in [0.3, 0.4) is 0 Å². The van der Waals surface area contributed by atoms with Crippen LogP contribution < -0.4 is 9.64 Å². The van der Waals surface area contributed by atoms with Crippen LogP contribution in [0.5, 0.6) is 5.75 Å². The fourth-order valence-corrected chi connectivity index (χ4v) is 7.57. The van der Waals surface area contributed by atoms with E-state index in [0.717, 1.165) is 24.3 Å². The fourth-order valence-electron chi connectivity index (χ4n) is 3.66. The Bertz CT molecular complexity index is 1050. The van der Waals surface area contributed by atoms with Crippen LogP contribution in [0.2, 0.25) is 0 Å². The molecule has 30 heavy (non-hydrogen) atoms. The van der Waals surface area contributed by atoms with E-state index in [2.05, 4.69) is 11.9 Å². The molecule has 2 fully saturated rings. The molecule has 2 aliphatic rings. The van der Waals surface area contributed by atoms with Crippen LogP contribution in [0.25, 0.3) is 0 Å². The number of aliphatic imine (C=N–C) groups is 1. The third-order valence-electron chi connectivity index (χ3n) is 5.15. The molecule has 6 nitrogen and oxygen atoms in total. The van der Waals surface area contributed by atoms with Gasteiger partial charge in [0.1, 0.15) is 5.75 Å². The SMILES string of the molecule is CCCCOc1cccc(N2C(=NC(=O)c3ccccc3)S[C@H]3CS(=O)(=O)C[C@H]32)c1. The second kappa shape index (κ2) is 8.81.